The molecular weight excluding hydrogens is 340 g/mol. The van der Waals surface area contributed by atoms with Crippen molar-refractivity contribution >= 4 is 15.8 Å². The van der Waals surface area contributed by atoms with Gasteiger partial charge in [0, 0.05) is 0 Å². The molecule has 2 aromatic rings. The summed E-state index contributed by atoms with van der Waals surface area (Å²) in [5, 5.41) is 0. The third-order valence-corrected chi connectivity index (χ3v) is 5.38. The van der Waals surface area contributed by atoms with E-state index < -0.39 is 15.8 Å². The Labute approximate surface area is 148 Å². The monoisotopic (exact) mass is 362 g/mol. The quantitative estimate of drug-likeness (QED) is 0.533. The molecular formula is C19H22O5S. The summed E-state index contributed by atoms with van der Waals surface area (Å²) in [6.45, 7) is 4.11. The molecule has 0 amide bonds. The molecule has 0 aliphatic carbocycles. The lowest BCUT2D eigenvalue weighted by Gasteiger charge is -2.09. The fourth-order valence-electron chi connectivity index (χ4n) is 2.18. The molecule has 2 rings (SSSR count). The van der Waals surface area contributed by atoms with Gasteiger partial charge in [-0.05, 0) is 37.6 Å². The summed E-state index contributed by atoms with van der Waals surface area (Å²) in [7, 11) is -3.48. The van der Waals surface area contributed by atoms with E-state index in [2.05, 4.69) is 0 Å². The first-order valence-electron chi connectivity index (χ1n) is 8.02. The second-order valence-corrected chi connectivity index (χ2v) is 7.83. The molecule has 0 radical (unpaired) electrons. The van der Waals surface area contributed by atoms with Gasteiger partial charge in [0.05, 0.1) is 17.1 Å². The van der Waals surface area contributed by atoms with E-state index in [9.17, 15) is 13.2 Å². The number of benzene rings is 2. The molecule has 0 atom stereocenters. The molecule has 0 aliphatic rings. The van der Waals surface area contributed by atoms with Crippen LogP contribution in [0.5, 0.6) is 5.75 Å². The number of sulfone groups is 1. The number of esters is 1. The minimum Gasteiger partial charge on any atom is -0.490 e. The van der Waals surface area contributed by atoms with Crippen LogP contribution in [0.25, 0.3) is 0 Å². The number of ether oxygens (including phenoxy) is 2. The van der Waals surface area contributed by atoms with Gasteiger partial charge in [-0.2, -0.15) is 0 Å². The number of carbonyl (C=O) groups excluding carboxylic acids is 1. The Hall–Kier alpha value is -2.34. The molecule has 0 saturated heterocycles. The van der Waals surface area contributed by atoms with Crippen LogP contribution >= 0.6 is 0 Å². The van der Waals surface area contributed by atoms with Crippen LogP contribution in [0, 0.1) is 13.8 Å². The summed E-state index contributed by atoms with van der Waals surface area (Å²) in [4.78, 5) is 11.9. The maximum Gasteiger partial charge on any atom is 0.306 e. The zero-order valence-electron chi connectivity index (χ0n) is 14.4. The number of aryl methyl sites for hydroxylation is 2. The molecule has 2 aromatic carbocycles. The highest BCUT2D eigenvalue weighted by Crippen LogP contribution is 2.16. The van der Waals surface area contributed by atoms with Crippen LogP contribution in [0.2, 0.25) is 0 Å². The van der Waals surface area contributed by atoms with Crippen LogP contribution in [-0.2, 0) is 19.4 Å². The van der Waals surface area contributed by atoms with Crippen molar-refractivity contribution in [3.63, 3.8) is 0 Å². The number of hydrogen-bond donors (Lipinski definition) is 0. The predicted molar refractivity (Wildman–Crippen MR) is 95.5 cm³/mol. The molecule has 0 spiro atoms. The zero-order valence-corrected chi connectivity index (χ0v) is 15.2. The fraction of sp³-hybridized carbons (Fsp3) is 0.316. The molecule has 0 aromatic heterocycles. The number of carbonyl (C=O) groups is 1. The van der Waals surface area contributed by atoms with Crippen LogP contribution in [0.3, 0.4) is 0 Å². The minimum atomic E-state index is -3.48. The van der Waals surface area contributed by atoms with Gasteiger partial charge in [0.2, 0.25) is 0 Å². The summed E-state index contributed by atoms with van der Waals surface area (Å²) in [5.41, 5.74) is 1.98. The fourth-order valence-corrected chi connectivity index (χ4v) is 3.40. The van der Waals surface area contributed by atoms with Gasteiger partial charge in [-0.1, -0.05) is 35.9 Å². The van der Waals surface area contributed by atoms with Gasteiger partial charge in [-0.15, -0.1) is 0 Å². The Bertz CT molecular complexity index is 810. The number of hydrogen-bond acceptors (Lipinski definition) is 5. The first kappa shape index (κ1) is 19.0. The van der Waals surface area contributed by atoms with Crippen molar-refractivity contribution < 1.29 is 22.7 Å². The lowest BCUT2D eigenvalue weighted by Crippen LogP contribution is -2.16. The Morgan fingerprint density at radius 3 is 2.32 bits per heavy atom. The molecule has 0 saturated carbocycles. The Morgan fingerprint density at radius 1 is 0.960 bits per heavy atom. The van der Waals surface area contributed by atoms with E-state index in [1.807, 2.05) is 38.1 Å². The van der Waals surface area contributed by atoms with Crippen LogP contribution in [0.15, 0.2) is 53.4 Å². The van der Waals surface area contributed by atoms with Crippen LogP contribution in [0.1, 0.15) is 17.5 Å². The normalized spacial score (nSPS) is 11.1. The zero-order chi connectivity index (χ0) is 18.3. The largest absolute Gasteiger partial charge is 0.490 e. The van der Waals surface area contributed by atoms with Crippen LogP contribution in [0.4, 0.5) is 0 Å². The molecule has 6 heteroatoms. The average Bonchev–Trinajstić information content (AvgIpc) is 2.59. The molecule has 25 heavy (non-hydrogen) atoms. The number of para-hydroxylation sites is 1. The Kier molecular flexibility index (Phi) is 6.58. The van der Waals surface area contributed by atoms with E-state index in [0.717, 1.165) is 16.9 Å². The standard InChI is InChI=1S/C19H22O5S/c1-15-7-9-17(10-8-15)25(21,22)14-11-19(20)24-13-12-23-18-6-4-3-5-16(18)2/h3-10H,11-14H2,1-2H3. The van der Waals surface area contributed by atoms with Crippen molar-refractivity contribution in [2.24, 2.45) is 0 Å². The molecule has 0 bridgehead atoms. The average molecular weight is 362 g/mol. The Morgan fingerprint density at radius 2 is 1.64 bits per heavy atom. The van der Waals surface area contributed by atoms with Gasteiger partial charge < -0.3 is 9.47 Å². The van der Waals surface area contributed by atoms with E-state index in [1.165, 1.54) is 0 Å². The third kappa shape index (κ3) is 5.90. The van der Waals surface area contributed by atoms with Crippen molar-refractivity contribution in [3.05, 3.63) is 59.7 Å². The van der Waals surface area contributed by atoms with Crippen molar-refractivity contribution in [2.75, 3.05) is 19.0 Å². The molecule has 0 aliphatic heterocycles. The highest BCUT2D eigenvalue weighted by Gasteiger charge is 2.17. The third-order valence-electron chi connectivity index (χ3n) is 3.65. The molecule has 0 fully saturated rings. The number of rotatable bonds is 8. The highest BCUT2D eigenvalue weighted by atomic mass is 32.2. The lowest BCUT2D eigenvalue weighted by atomic mass is 10.2. The van der Waals surface area contributed by atoms with Crippen LogP contribution < -0.4 is 4.74 Å². The summed E-state index contributed by atoms with van der Waals surface area (Å²) in [6, 6.07) is 14.1. The molecule has 5 nitrogen and oxygen atoms in total. The first-order chi connectivity index (χ1) is 11.9. The van der Waals surface area contributed by atoms with Crippen LogP contribution in [-0.4, -0.2) is 33.4 Å². The molecule has 0 N–H and O–H groups in total. The van der Waals surface area contributed by atoms with Gasteiger partial charge in [-0.25, -0.2) is 8.42 Å². The van der Waals surface area contributed by atoms with E-state index in [-0.39, 0.29) is 30.3 Å². The minimum absolute atomic E-state index is 0.0811. The lowest BCUT2D eigenvalue weighted by molar-refractivity contribution is -0.143. The molecule has 0 unspecified atom stereocenters. The van der Waals surface area contributed by atoms with Gasteiger partial charge in [0.1, 0.15) is 19.0 Å². The van der Waals surface area contributed by atoms with Crippen molar-refractivity contribution in [1.29, 1.82) is 0 Å². The van der Waals surface area contributed by atoms with E-state index in [0.29, 0.717) is 0 Å². The topological polar surface area (TPSA) is 69.7 Å². The SMILES string of the molecule is Cc1ccc(S(=O)(=O)CCC(=O)OCCOc2ccccc2C)cc1. The Balaban J connectivity index is 1.73. The highest BCUT2D eigenvalue weighted by molar-refractivity contribution is 7.91. The summed E-state index contributed by atoms with van der Waals surface area (Å²) in [6.07, 6.45) is -0.180. The van der Waals surface area contributed by atoms with Gasteiger partial charge >= 0.3 is 5.97 Å². The van der Waals surface area contributed by atoms with E-state index in [1.54, 1.807) is 24.3 Å². The molecule has 134 valence electrons. The summed E-state index contributed by atoms with van der Waals surface area (Å²) >= 11 is 0. The van der Waals surface area contributed by atoms with Gasteiger partial charge in [0.25, 0.3) is 0 Å². The second kappa shape index (κ2) is 8.67. The predicted octanol–water partition coefficient (Wildman–Crippen LogP) is 3.09. The van der Waals surface area contributed by atoms with Gasteiger partial charge in [0.15, 0.2) is 9.84 Å². The molecule has 0 heterocycles. The smallest absolute Gasteiger partial charge is 0.306 e. The summed E-state index contributed by atoms with van der Waals surface area (Å²) < 4.78 is 34.9. The van der Waals surface area contributed by atoms with Crippen molar-refractivity contribution in [2.45, 2.75) is 25.2 Å². The maximum absolute atomic E-state index is 12.2. The summed E-state index contributed by atoms with van der Waals surface area (Å²) in [5.74, 6) is -0.0855. The van der Waals surface area contributed by atoms with E-state index >= 15 is 0 Å². The van der Waals surface area contributed by atoms with Gasteiger partial charge in [-0.3, -0.25) is 4.79 Å². The second-order valence-electron chi connectivity index (χ2n) is 5.72. The maximum atomic E-state index is 12.2. The van der Waals surface area contributed by atoms with Crippen molar-refractivity contribution in [3.8, 4) is 5.75 Å². The first-order valence-corrected chi connectivity index (χ1v) is 9.67. The van der Waals surface area contributed by atoms with Crippen molar-refractivity contribution in [1.82, 2.24) is 0 Å². The van der Waals surface area contributed by atoms with E-state index in [4.69, 9.17) is 9.47 Å².